The van der Waals surface area contributed by atoms with Gasteiger partial charge in [-0.05, 0) is 12.1 Å². The van der Waals surface area contributed by atoms with Gasteiger partial charge in [0.2, 0.25) is 5.96 Å². The molecule has 0 aromatic heterocycles. The van der Waals surface area contributed by atoms with Gasteiger partial charge >= 0.3 is 6.03 Å². The molecule has 0 bridgehead atoms. The van der Waals surface area contributed by atoms with Gasteiger partial charge in [-0.25, -0.2) is 4.79 Å². The number of hydrogen-bond donors (Lipinski definition) is 3. The summed E-state index contributed by atoms with van der Waals surface area (Å²) in [6.45, 7) is 0. The molecule has 1 aromatic rings. The third kappa shape index (κ3) is 2.77. The van der Waals surface area contributed by atoms with E-state index in [-0.39, 0.29) is 5.96 Å². The number of amides is 2. The summed E-state index contributed by atoms with van der Waals surface area (Å²) >= 11 is 11.9. The second kappa shape index (κ2) is 5.05. The molecule has 0 aliphatic carbocycles. The number of primary amides is 1. The van der Waals surface area contributed by atoms with Crippen molar-refractivity contribution in [2.24, 2.45) is 5.73 Å². The third-order valence-corrected chi connectivity index (χ3v) is 2.46. The smallest absolute Gasteiger partial charge is 0.318 e. The first kappa shape index (κ1) is 12.6. The maximum Gasteiger partial charge on any atom is 0.318 e. The molecule has 0 radical (unpaired) electrons. The number of carbonyl (C=O) groups is 1. The Kier molecular flexibility index (Phi) is 3.98. The normalized spacial score (nSPS) is 9.69. The number of halogens is 2. The summed E-state index contributed by atoms with van der Waals surface area (Å²) < 4.78 is 0. The Hall–Kier alpha value is -1.46. The average molecular weight is 261 g/mol. The van der Waals surface area contributed by atoms with Gasteiger partial charge in [0.05, 0.1) is 15.7 Å². The molecule has 1 rings (SSSR count). The van der Waals surface area contributed by atoms with Crippen LogP contribution in [0.15, 0.2) is 18.2 Å². The highest BCUT2D eigenvalue weighted by Crippen LogP contribution is 2.32. The van der Waals surface area contributed by atoms with Gasteiger partial charge < -0.3 is 10.6 Å². The number of carbonyl (C=O) groups excluding carboxylic acids is 1. The zero-order valence-corrected chi connectivity index (χ0v) is 9.93. The van der Waals surface area contributed by atoms with Gasteiger partial charge in [0.1, 0.15) is 0 Å². The first-order valence-electron chi connectivity index (χ1n) is 4.26. The number of anilines is 1. The predicted molar refractivity (Wildman–Crippen MR) is 65.3 cm³/mol. The number of urea groups is 1. The Morgan fingerprint density at radius 3 is 2.38 bits per heavy atom. The molecule has 0 fully saturated rings. The molecular formula is C9H10Cl2N4O. The lowest BCUT2D eigenvalue weighted by Crippen LogP contribution is -2.44. The van der Waals surface area contributed by atoms with E-state index in [1.54, 1.807) is 25.2 Å². The fourth-order valence-corrected chi connectivity index (χ4v) is 1.77. The SMILES string of the molecule is CN(C(=N)NC(N)=O)c1c(Cl)cccc1Cl. The minimum Gasteiger partial charge on any atom is -0.351 e. The molecule has 0 saturated heterocycles. The molecule has 7 heteroatoms. The van der Waals surface area contributed by atoms with Crippen LogP contribution in [0.1, 0.15) is 0 Å². The van der Waals surface area contributed by atoms with Crippen LogP contribution in [0.2, 0.25) is 10.0 Å². The highest BCUT2D eigenvalue weighted by molar-refractivity contribution is 6.40. The van der Waals surface area contributed by atoms with Crippen LogP contribution in [0.5, 0.6) is 0 Å². The summed E-state index contributed by atoms with van der Waals surface area (Å²) in [6.07, 6.45) is 0. The molecule has 2 amide bonds. The van der Waals surface area contributed by atoms with E-state index in [9.17, 15) is 4.79 Å². The van der Waals surface area contributed by atoms with Crippen LogP contribution >= 0.6 is 23.2 Å². The van der Waals surface area contributed by atoms with E-state index in [1.165, 1.54) is 4.90 Å². The summed E-state index contributed by atoms with van der Waals surface area (Å²) in [7, 11) is 1.55. The van der Waals surface area contributed by atoms with Crippen LogP contribution < -0.4 is 16.0 Å². The van der Waals surface area contributed by atoms with Crippen LogP contribution in [0.4, 0.5) is 10.5 Å². The van der Waals surface area contributed by atoms with Crippen molar-refractivity contribution in [1.82, 2.24) is 5.32 Å². The van der Waals surface area contributed by atoms with Crippen LogP contribution in [0.25, 0.3) is 0 Å². The predicted octanol–water partition coefficient (Wildman–Crippen LogP) is 2.03. The number of nitrogens with one attached hydrogen (secondary N) is 2. The van der Waals surface area contributed by atoms with E-state index >= 15 is 0 Å². The quantitative estimate of drug-likeness (QED) is 0.534. The van der Waals surface area contributed by atoms with E-state index < -0.39 is 6.03 Å². The van der Waals surface area contributed by atoms with Gasteiger partial charge in [0.25, 0.3) is 0 Å². The monoisotopic (exact) mass is 260 g/mol. The number of guanidine groups is 1. The zero-order chi connectivity index (χ0) is 12.3. The number of nitrogens with zero attached hydrogens (tertiary/aromatic N) is 1. The Morgan fingerprint density at radius 1 is 1.44 bits per heavy atom. The van der Waals surface area contributed by atoms with Crippen LogP contribution in [-0.2, 0) is 0 Å². The van der Waals surface area contributed by atoms with Gasteiger partial charge in [-0.2, -0.15) is 0 Å². The minimum atomic E-state index is -0.819. The minimum absolute atomic E-state index is 0.206. The largest absolute Gasteiger partial charge is 0.351 e. The van der Waals surface area contributed by atoms with E-state index in [0.29, 0.717) is 15.7 Å². The van der Waals surface area contributed by atoms with Crippen molar-refractivity contribution < 1.29 is 4.79 Å². The molecule has 5 nitrogen and oxygen atoms in total. The molecule has 1 aromatic carbocycles. The Labute approximate surface area is 103 Å². The van der Waals surface area contributed by atoms with E-state index in [4.69, 9.17) is 34.3 Å². The molecule has 0 aliphatic rings. The van der Waals surface area contributed by atoms with Crippen molar-refractivity contribution >= 4 is 40.9 Å². The molecule has 4 N–H and O–H groups in total. The number of hydrogen-bond acceptors (Lipinski definition) is 2. The Bertz CT molecular complexity index is 415. The second-order valence-electron chi connectivity index (χ2n) is 2.97. The second-order valence-corrected chi connectivity index (χ2v) is 3.78. The standard InChI is InChI=1S/C9H10Cl2N4O/c1-15(8(12)14-9(13)16)7-5(10)3-2-4-6(7)11/h2-4H,1H3,(H4,12,13,14,16). The van der Waals surface area contributed by atoms with Gasteiger partial charge in [0, 0.05) is 7.05 Å². The summed E-state index contributed by atoms with van der Waals surface area (Å²) in [5, 5.41) is 10.4. The summed E-state index contributed by atoms with van der Waals surface area (Å²) in [5.41, 5.74) is 5.34. The maximum absolute atomic E-state index is 10.6. The lowest BCUT2D eigenvalue weighted by molar-refractivity contribution is 0.253. The molecule has 0 heterocycles. The lowest BCUT2D eigenvalue weighted by Gasteiger charge is -2.21. The number of para-hydroxylation sites is 1. The Balaban J connectivity index is 3.00. The van der Waals surface area contributed by atoms with E-state index in [1.807, 2.05) is 0 Å². The van der Waals surface area contributed by atoms with Gasteiger partial charge in [-0.15, -0.1) is 0 Å². The fraction of sp³-hybridized carbons (Fsp3) is 0.111. The molecule has 86 valence electrons. The van der Waals surface area contributed by atoms with Gasteiger partial charge in [-0.1, -0.05) is 29.3 Å². The number of nitrogens with two attached hydrogens (primary N) is 1. The number of benzene rings is 1. The molecule has 0 spiro atoms. The molecule has 16 heavy (non-hydrogen) atoms. The van der Waals surface area contributed by atoms with Crippen molar-refractivity contribution in [3.63, 3.8) is 0 Å². The fourth-order valence-electron chi connectivity index (χ4n) is 1.12. The highest BCUT2D eigenvalue weighted by Gasteiger charge is 2.15. The molecular weight excluding hydrogens is 251 g/mol. The van der Waals surface area contributed by atoms with Gasteiger partial charge in [-0.3, -0.25) is 10.7 Å². The van der Waals surface area contributed by atoms with Crippen molar-refractivity contribution in [1.29, 1.82) is 5.41 Å². The van der Waals surface area contributed by atoms with Crippen LogP contribution in [0.3, 0.4) is 0 Å². The first-order chi connectivity index (χ1) is 7.43. The van der Waals surface area contributed by atoms with E-state index in [2.05, 4.69) is 5.32 Å². The zero-order valence-electron chi connectivity index (χ0n) is 8.42. The summed E-state index contributed by atoms with van der Waals surface area (Å²) in [5.74, 6) is -0.206. The maximum atomic E-state index is 10.6. The topological polar surface area (TPSA) is 82.2 Å². The van der Waals surface area contributed by atoms with Crippen molar-refractivity contribution in [2.45, 2.75) is 0 Å². The highest BCUT2D eigenvalue weighted by atomic mass is 35.5. The molecule has 0 unspecified atom stereocenters. The lowest BCUT2D eigenvalue weighted by atomic mass is 10.3. The Morgan fingerprint density at radius 2 is 1.94 bits per heavy atom. The number of rotatable bonds is 1. The third-order valence-electron chi connectivity index (χ3n) is 1.85. The summed E-state index contributed by atoms with van der Waals surface area (Å²) in [6, 6.07) is 4.14. The summed E-state index contributed by atoms with van der Waals surface area (Å²) in [4.78, 5) is 11.9. The van der Waals surface area contributed by atoms with Crippen molar-refractivity contribution in [2.75, 3.05) is 11.9 Å². The average Bonchev–Trinajstić information content (AvgIpc) is 2.16. The molecule has 0 aliphatic heterocycles. The van der Waals surface area contributed by atoms with Crippen molar-refractivity contribution in [3.05, 3.63) is 28.2 Å². The van der Waals surface area contributed by atoms with Crippen LogP contribution in [-0.4, -0.2) is 19.0 Å². The van der Waals surface area contributed by atoms with Gasteiger partial charge in [0.15, 0.2) is 0 Å². The van der Waals surface area contributed by atoms with E-state index in [0.717, 1.165) is 0 Å². The molecule has 0 atom stereocenters. The van der Waals surface area contributed by atoms with Crippen molar-refractivity contribution in [3.8, 4) is 0 Å². The van der Waals surface area contributed by atoms with Crippen LogP contribution in [0, 0.1) is 5.41 Å². The molecule has 0 saturated carbocycles. The first-order valence-corrected chi connectivity index (χ1v) is 5.02.